The molecule has 0 amide bonds. The average Bonchev–Trinajstić information content (AvgIpc) is 2.99. The molecule has 0 saturated carbocycles. The minimum absolute atomic E-state index is 0.0352. The summed E-state index contributed by atoms with van der Waals surface area (Å²) in [5.74, 6) is 0.836. The second kappa shape index (κ2) is 5.74. The molecule has 1 aromatic carbocycles. The molecule has 0 spiro atoms. The minimum atomic E-state index is -0.0352. The summed E-state index contributed by atoms with van der Waals surface area (Å²) in [6, 6.07) is 9.93. The second-order valence-electron chi connectivity index (χ2n) is 4.56. The number of benzene rings is 1. The molecule has 1 unspecified atom stereocenters. The van der Waals surface area contributed by atoms with Gasteiger partial charge in [0, 0.05) is 25.3 Å². The Balaban J connectivity index is 1.86. The molecule has 2 N–H and O–H groups in total. The van der Waals surface area contributed by atoms with Gasteiger partial charge in [0.15, 0.2) is 0 Å². The lowest BCUT2D eigenvalue weighted by molar-refractivity contribution is 0.408. The fourth-order valence-electron chi connectivity index (χ4n) is 2.21. The van der Waals surface area contributed by atoms with Gasteiger partial charge in [-0.05, 0) is 47.7 Å². The first-order valence-corrected chi connectivity index (χ1v) is 8.29. The molecule has 0 radical (unpaired) electrons. The van der Waals surface area contributed by atoms with Crippen molar-refractivity contribution in [2.24, 2.45) is 5.73 Å². The number of thiophene rings is 2. The molecule has 3 rings (SSSR count). The topological polar surface area (TPSA) is 35.2 Å². The van der Waals surface area contributed by atoms with Gasteiger partial charge in [0.2, 0.25) is 0 Å². The highest BCUT2D eigenvalue weighted by molar-refractivity contribution is 7.26. The van der Waals surface area contributed by atoms with E-state index in [0.29, 0.717) is 5.02 Å². The van der Waals surface area contributed by atoms with Gasteiger partial charge in [-0.2, -0.15) is 0 Å². The Labute approximate surface area is 130 Å². The molecule has 20 heavy (non-hydrogen) atoms. The number of halogens is 1. The van der Waals surface area contributed by atoms with Crippen molar-refractivity contribution >= 4 is 43.7 Å². The number of hydrogen-bond donors (Lipinski definition) is 1. The Kier molecular flexibility index (Phi) is 3.98. The van der Waals surface area contributed by atoms with Crippen LogP contribution in [-0.2, 0) is 6.42 Å². The lowest BCUT2D eigenvalue weighted by Gasteiger charge is -2.13. The highest BCUT2D eigenvalue weighted by atomic mass is 35.5. The van der Waals surface area contributed by atoms with E-state index in [-0.39, 0.29) is 6.04 Å². The average molecular weight is 324 g/mol. The summed E-state index contributed by atoms with van der Waals surface area (Å²) in [6.07, 6.45) is 0.720. The van der Waals surface area contributed by atoms with Crippen molar-refractivity contribution in [2.75, 3.05) is 7.11 Å². The van der Waals surface area contributed by atoms with Crippen molar-refractivity contribution in [1.29, 1.82) is 0 Å². The summed E-state index contributed by atoms with van der Waals surface area (Å²) in [5, 5.41) is 2.82. The van der Waals surface area contributed by atoms with Gasteiger partial charge in [0.1, 0.15) is 5.75 Å². The van der Waals surface area contributed by atoms with Crippen LogP contribution in [0.5, 0.6) is 5.75 Å². The Morgan fingerprint density at radius 1 is 1.25 bits per heavy atom. The fraction of sp³-hybridized carbons (Fsp3) is 0.200. The van der Waals surface area contributed by atoms with Crippen LogP contribution in [0, 0.1) is 0 Å². The number of methoxy groups -OCH3 is 1. The molecule has 2 aromatic heterocycles. The zero-order chi connectivity index (χ0) is 14.1. The number of hydrogen-bond acceptors (Lipinski definition) is 4. The summed E-state index contributed by atoms with van der Waals surface area (Å²) in [5.41, 5.74) is 7.39. The van der Waals surface area contributed by atoms with E-state index in [0.717, 1.165) is 17.7 Å². The van der Waals surface area contributed by atoms with E-state index < -0.39 is 0 Å². The molecule has 0 aliphatic heterocycles. The van der Waals surface area contributed by atoms with E-state index in [9.17, 15) is 0 Å². The van der Waals surface area contributed by atoms with Crippen molar-refractivity contribution in [3.05, 3.63) is 51.2 Å². The van der Waals surface area contributed by atoms with Crippen LogP contribution in [0.4, 0.5) is 0 Å². The normalized spacial score (nSPS) is 12.8. The zero-order valence-corrected chi connectivity index (χ0v) is 13.3. The number of ether oxygens (including phenoxy) is 1. The summed E-state index contributed by atoms with van der Waals surface area (Å²) in [7, 11) is 1.67. The maximum absolute atomic E-state index is 6.34. The van der Waals surface area contributed by atoms with Crippen LogP contribution in [0.2, 0.25) is 5.02 Å². The Bertz CT molecular complexity index is 706. The molecule has 0 aliphatic rings. The quantitative estimate of drug-likeness (QED) is 0.743. The van der Waals surface area contributed by atoms with Gasteiger partial charge in [0.25, 0.3) is 0 Å². The molecule has 1 atom stereocenters. The van der Waals surface area contributed by atoms with E-state index in [1.807, 2.05) is 18.2 Å². The van der Waals surface area contributed by atoms with Crippen LogP contribution < -0.4 is 10.5 Å². The van der Waals surface area contributed by atoms with Crippen LogP contribution >= 0.6 is 34.3 Å². The monoisotopic (exact) mass is 323 g/mol. The number of fused-ring (bicyclic) bond motifs is 1. The molecule has 2 nitrogen and oxygen atoms in total. The summed E-state index contributed by atoms with van der Waals surface area (Å²) >= 11 is 9.57. The third kappa shape index (κ3) is 2.69. The summed E-state index contributed by atoms with van der Waals surface area (Å²) < 4.78 is 7.98. The van der Waals surface area contributed by atoms with Crippen molar-refractivity contribution < 1.29 is 4.74 Å². The molecule has 0 bridgehead atoms. The van der Waals surface area contributed by atoms with Crippen molar-refractivity contribution in [3.8, 4) is 5.75 Å². The second-order valence-corrected chi connectivity index (χ2v) is 7.06. The van der Waals surface area contributed by atoms with E-state index in [2.05, 4.69) is 17.5 Å². The number of rotatable bonds is 4. The highest BCUT2D eigenvalue weighted by Crippen LogP contribution is 2.35. The Morgan fingerprint density at radius 2 is 2.10 bits per heavy atom. The van der Waals surface area contributed by atoms with Crippen LogP contribution in [0.1, 0.15) is 16.5 Å². The zero-order valence-electron chi connectivity index (χ0n) is 10.9. The van der Waals surface area contributed by atoms with Crippen LogP contribution in [-0.4, -0.2) is 7.11 Å². The van der Waals surface area contributed by atoms with Gasteiger partial charge in [-0.25, -0.2) is 0 Å². The lowest BCUT2D eigenvalue weighted by atomic mass is 10.0. The standard InChI is InChI=1S/C15H14ClNOS2/c1-18-12-3-2-10(16)6-9(12)7-11(17)14-8-15-13(20-14)4-5-19-15/h2-6,8,11H,7,17H2,1H3. The van der Waals surface area contributed by atoms with E-state index in [1.165, 1.54) is 14.3 Å². The fourth-order valence-corrected chi connectivity index (χ4v) is 4.53. The lowest BCUT2D eigenvalue weighted by Crippen LogP contribution is -2.12. The molecule has 104 valence electrons. The van der Waals surface area contributed by atoms with E-state index in [1.54, 1.807) is 29.8 Å². The third-order valence-corrected chi connectivity index (χ3v) is 5.67. The molecule has 0 fully saturated rings. The molecular formula is C15H14ClNOS2. The summed E-state index contributed by atoms with van der Waals surface area (Å²) in [6.45, 7) is 0. The Morgan fingerprint density at radius 3 is 2.85 bits per heavy atom. The molecule has 0 saturated heterocycles. The van der Waals surface area contributed by atoms with Gasteiger partial charge in [0.05, 0.1) is 7.11 Å². The van der Waals surface area contributed by atoms with Crippen molar-refractivity contribution in [1.82, 2.24) is 0 Å². The van der Waals surface area contributed by atoms with Gasteiger partial charge in [-0.15, -0.1) is 22.7 Å². The van der Waals surface area contributed by atoms with Gasteiger partial charge in [-0.3, -0.25) is 0 Å². The van der Waals surface area contributed by atoms with Crippen molar-refractivity contribution in [2.45, 2.75) is 12.5 Å². The molecule has 5 heteroatoms. The minimum Gasteiger partial charge on any atom is -0.496 e. The molecular weight excluding hydrogens is 310 g/mol. The predicted octanol–water partition coefficient (Wildman–Crippen LogP) is 4.87. The first-order chi connectivity index (χ1) is 9.67. The molecule has 3 aromatic rings. The first kappa shape index (κ1) is 13.9. The molecule has 2 heterocycles. The van der Waals surface area contributed by atoms with Gasteiger partial charge in [-0.1, -0.05) is 11.6 Å². The molecule has 0 aliphatic carbocycles. The van der Waals surface area contributed by atoms with E-state index in [4.69, 9.17) is 22.1 Å². The Hall–Kier alpha value is -1.07. The van der Waals surface area contributed by atoms with Crippen LogP contribution in [0.25, 0.3) is 9.40 Å². The van der Waals surface area contributed by atoms with Gasteiger partial charge < -0.3 is 10.5 Å². The number of nitrogens with two attached hydrogens (primary N) is 1. The largest absolute Gasteiger partial charge is 0.496 e. The maximum Gasteiger partial charge on any atom is 0.122 e. The van der Waals surface area contributed by atoms with E-state index >= 15 is 0 Å². The third-order valence-electron chi connectivity index (χ3n) is 3.21. The predicted molar refractivity (Wildman–Crippen MR) is 88.3 cm³/mol. The van der Waals surface area contributed by atoms with Crippen molar-refractivity contribution in [3.63, 3.8) is 0 Å². The SMILES string of the molecule is COc1ccc(Cl)cc1CC(N)c1cc2sccc2s1. The maximum atomic E-state index is 6.34. The smallest absolute Gasteiger partial charge is 0.122 e. The van der Waals surface area contributed by atoms with Gasteiger partial charge >= 0.3 is 0 Å². The summed E-state index contributed by atoms with van der Waals surface area (Å²) in [4.78, 5) is 1.20. The first-order valence-electron chi connectivity index (χ1n) is 6.22. The highest BCUT2D eigenvalue weighted by Gasteiger charge is 2.14. The van der Waals surface area contributed by atoms with Crippen LogP contribution in [0.3, 0.4) is 0 Å². The van der Waals surface area contributed by atoms with Crippen LogP contribution in [0.15, 0.2) is 35.7 Å².